The topological polar surface area (TPSA) is 312 Å². The van der Waals surface area contributed by atoms with Crippen LogP contribution < -0.4 is 0 Å². The van der Waals surface area contributed by atoms with E-state index in [9.17, 15) is 43.4 Å². The predicted octanol–water partition coefficient (Wildman–Crippen LogP) is 9.36. The summed E-state index contributed by atoms with van der Waals surface area (Å²) in [6, 6.07) is 0. The smallest absolute Gasteiger partial charge is 0.342 e. The standard InChI is InChI=1S/C19H27O6P.C17H23O6P.C16H21O6P/c1-4-14-13(3)16-11-25-19(21)17(16)18(20)15(14)9-8-12(2)7-5-6-10-26(22,23)24;1-4-11(9-24(20,21)22)6-7-13-12(5-2)10(3)14-8-23-17(19)15(14)16(13)18;1-4-11-10(3)13-7-22-16(18)14(13)15(17)12(11)6-5-9(2)8-23(19,20)21/h8,20H,4-7,9-11H2,1-3H3,(H2,22,23,24);6,18H,4-5,7-9H2,1-3H3,(H2,20,21,22);5,17H,4,6-8H2,1-3H3,(H2,19,20,21)/b12-8+;11-6+;9-5+. The van der Waals surface area contributed by atoms with Crippen molar-refractivity contribution in [1.82, 2.24) is 0 Å². The van der Waals surface area contributed by atoms with Crippen LogP contribution in [0.5, 0.6) is 17.2 Å². The third-order valence-electron chi connectivity index (χ3n) is 13.5. The lowest BCUT2D eigenvalue weighted by atomic mass is 9.89. The zero-order valence-electron chi connectivity index (χ0n) is 43.1. The molecular formula is C52H71O18P3. The van der Waals surface area contributed by atoms with Gasteiger partial charge in [0.25, 0.3) is 0 Å². The summed E-state index contributed by atoms with van der Waals surface area (Å²) < 4.78 is 48.2. The van der Waals surface area contributed by atoms with Crippen molar-refractivity contribution in [2.24, 2.45) is 0 Å². The van der Waals surface area contributed by atoms with Crippen LogP contribution in [-0.2, 0) is 86.3 Å². The van der Waals surface area contributed by atoms with Gasteiger partial charge in [-0.25, -0.2) is 14.4 Å². The molecule has 0 saturated heterocycles. The SMILES string of the molecule is CC/C(=C\Cc1c(O)c2c(c(C)c1CC)COC2=O)CP(=O)(O)O.CCc1c(C)c2c(c(O)c1C/C=C(\C)CCCCP(=O)(O)O)C(=O)OC2.CCc1c(C)c2c(c(O)c1C/C=C(\C)CP(=O)(O)O)C(=O)OC2. The fourth-order valence-electron chi connectivity index (χ4n) is 9.62. The maximum absolute atomic E-state index is 11.9. The molecule has 0 aromatic heterocycles. The molecule has 0 aliphatic carbocycles. The third kappa shape index (κ3) is 15.6. The highest BCUT2D eigenvalue weighted by molar-refractivity contribution is 7.52. The first kappa shape index (κ1) is 60.7. The average molecular weight is 1080 g/mol. The van der Waals surface area contributed by atoms with Gasteiger partial charge in [0.05, 0.1) is 12.3 Å². The van der Waals surface area contributed by atoms with E-state index in [-0.39, 0.29) is 66.7 Å². The van der Waals surface area contributed by atoms with Crippen LogP contribution in [0.15, 0.2) is 34.9 Å². The van der Waals surface area contributed by atoms with Crippen molar-refractivity contribution in [3.05, 3.63) is 118 Å². The van der Waals surface area contributed by atoms with Crippen molar-refractivity contribution in [2.45, 2.75) is 146 Å². The van der Waals surface area contributed by atoms with Crippen LogP contribution in [0.1, 0.15) is 165 Å². The molecule has 21 heteroatoms. The molecule has 3 heterocycles. The van der Waals surface area contributed by atoms with Crippen molar-refractivity contribution >= 4 is 40.7 Å². The number of benzene rings is 3. The number of esters is 3. The normalized spacial score (nSPS) is 14.7. The first-order valence-corrected chi connectivity index (χ1v) is 29.6. The second-order valence-corrected chi connectivity index (χ2v) is 23.6. The van der Waals surface area contributed by atoms with Gasteiger partial charge in [0, 0.05) is 39.5 Å². The Labute approximate surface area is 426 Å². The Morgan fingerprint density at radius 2 is 0.836 bits per heavy atom. The summed E-state index contributed by atoms with van der Waals surface area (Å²) in [6.07, 6.45) is 10.4. The predicted molar refractivity (Wildman–Crippen MR) is 276 cm³/mol. The van der Waals surface area contributed by atoms with Crippen LogP contribution in [0.4, 0.5) is 0 Å². The average Bonchev–Trinajstić information content (AvgIpc) is 4.02. The lowest BCUT2D eigenvalue weighted by Crippen LogP contribution is -2.05. The van der Waals surface area contributed by atoms with Gasteiger partial charge in [-0.05, 0) is 132 Å². The number of cyclic esters (lactones) is 3. The van der Waals surface area contributed by atoms with E-state index < -0.39 is 40.7 Å². The van der Waals surface area contributed by atoms with Crippen LogP contribution in [0.2, 0.25) is 0 Å². The van der Waals surface area contributed by atoms with E-state index in [2.05, 4.69) is 0 Å². The van der Waals surface area contributed by atoms with Gasteiger partial charge in [-0.15, -0.1) is 0 Å². The number of carbonyl (C=O) groups is 3. The zero-order valence-corrected chi connectivity index (χ0v) is 45.8. The summed E-state index contributed by atoms with van der Waals surface area (Å²) in [5.74, 6) is -1.65. The van der Waals surface area contributed by atoms with Crippen molar-refractivity contribution < 1.29 is 87.0 Å². The summed E-state index contributed by atoms with van der Waals surface area (Å²) >= 11 is 0. The number of phenolic OH excluding ortho intramolecular Hbond substituents is 3. The van der Waals surface area contributed by atoms with Gasteiger partial charge < -0.3 is 58.9 Å². The van der Waals surface area contributed by atoms with Gasteiger partial charge >= 0.3 is 40.7 Å². The molecule has 0 fully saturated rings. The van der Waals surface area contributed by atoms with Crippen LogP contribution in [0.25, 0.3) is 0 Å². The van der Waals surface area contributed by atoms with Gasteiger partial charge in [-0.2, -0.15) is 0 Å². The molecule has 0 bridgehead atoms. The number of allylic oxidation sites excluding steroid dienone is 6. The Morgan fingerprint density at radius 3 is 1.15 bits per heavy atom. The second kappa shape index (κ2) is 25.6. The minimum absolute atomic E-state index is 0.0236. The maximum Gasteiger partial charge on any atom is 0.342 e. The minimum atomic E-state index is -4.13. The quantitative estimate of drug-likeness (QED) is 0.0177. The van der Waals surface area contributed by atoms with E-state index in [4.69, 9.17) is 43.6 Å². The molecule has 402 valence electrons. The summed E-state index contributed by atoms with van der Waals surface area (Å²) in [5, 5.41) is 31.6. The molecule has 3 aliphatic rings. The van der Waals surface area contributed by atoms with Gasteiger partial charge in [0.1, 0.15) is 53.8 Å². The highest BCUT2D eigenvalue weighted by Crippen LogP contribution is 2.43. The summed E-state index contributed by atoms with van der Waals surface area (Å²) in [7, 11) is -12.2. The Kier molecular flexibility index (Phi) is 21.3. The number of carbonyl (C=O) groups excluding carboxylic acids is 3. The molecule has 3 aliphatic heterocycles. The number of aromatic hydroxyl groups is 3. The Balaban J connectivity index is 0.000000238. The molecule has 3 aromatic carbocycles. The maximum atomic E-state index is 11.9. The Morgan fingerprint density at radius 1 is 0.493 bits per heavy atom. The number of hydrogen-bond acceptors (Lipinski definition) is 12. The molecule has 0 radical (unpaired) electrons. The largest absolute Gasteiger partial charge is 0.507 e. The molecule has 73 heavy (non-hydrogen) atoms. The molecule has 6 rings (SSSR count). The number of rotatable bonds is 19. The van der Waals surface area contributed by atoms with Gasteiger partial charge in [0.15, 0.2) is 0 Å². The van der Waals surface area contributed by atoms with E-state index in [1.54, 1.807) is 19.1 Å². The third-order valence-corrected chi connectivity index (χ3v) is 16.1. The lowest BCUT2D eigenvalue weighted by Gasteiger charge is -2.16. The van der Waals surface area contributed by atoms with Crippen LogP contribution in [0, 0.1) is 20.8 Å². The molecule has 0 saturated carbocycles. The molecule has 0 atom stereocenters. The molecule has 18 nitrogen and oxygen atoms in total. The fourth-order valence-corrected chi connectivity index (χ4v) is 11.9. The summed E-state index contributed by atoms with van der Waals surface area (Å²) in [4.78, 5) is 89.7. The molecule has 0 spiro atoms. The highest BCUT2D eigenvalue weighted by Gasteiger charge is 2.33. The van der Waals surface area contributed by atoms with Crippen molar-refractivity contribution in [2.75, 3.05) is 18.5 Å². The first-order valence-electron chi connectivity index (χ1n) is 24.2. The van der Waals surface area contributed by atoms with E-state index in [0.29, 0.717) is 79.2 Å². The van der Waals surface area contributed by atoms with Crippen molar-refractivity contribution in [1.29, 1.82) is 0 Å². The number of phenols is 3. The first-order chi connectivity index (χ1) is 34.0. The van der Waals surface area contributed by atoms with Crippen LogP contribution in [-0.4, -0.2) is 81.1 Å². The molecule has 9 N–H and O–H groups in total. The monoisotopic (exact) mass is 1080 g/mol. The van der Waals surface area contributed by atoms with Gasteiger partial charge in [0.2, 0.25) is 0 Å². The molecular weight excluding hydrogens is 1010 g/mol. The molecule has 0 unspecified atom stereocenters. The van der Waals surface area contributed by atoms with E-state index in [0.717, 1.165) is 74.0 Å². The summed E-state index contributed by atoms with van der Waals surface area (Å²) in [6.45, 7) is 17.7. The van der Waals surface area contributed by atoms with Crippen molar-refractivity contribution in [3.8, 4) is 17.2 Å². The summed E-state index contributed by atoms with van der Waals surface area (Å²) in [5.41, 5.74) is 13.1. The number of ether oxygens (including phenoxy) is 3. The van der Waals surface area contributed by atoms with Crippen LogP contribution in [0.3, 0.4) is 0 Å². The Hall–Kier alpha value is -4.86. The van der Waals surface area contributed by atoms with E-state index >= 15 is 0 Å². The Bertz CT molecular complexity index is 2860. The fraction of sp³-hybridized carbons (Fsp3) is 0.481. The molecule has 3 aromatic rings. The lowest BCUT2D eigenvalue weighted by molar-refractivity contribution is 0.0523. The minimum Gasteiger partial charge on any atom is -0.507 e. The van der Waals surface area contributed by atoms with Crippen LogP contribution >= 0.6 is 22.8 Å². The van der Waals surface area contributed by atoms with Gasteiger partial charge in [-0.3, -0.25) is 13.7 Å². The van der Waals surface area contributed by atoms with E-state index in [1.807, 2.05) is 61.5 Å². The zero-order chi connectivity index (χ0) is 54.9. The van der Waals surface area contributed by atoms with E-state index in [1.165, 1.54) is 0 Å². The van der Waals surface area contributed by atoms with Gasteiger partial charge in [-0.1, -0.05) is 62.6 Å². The number of unbranched alkanes of at least 4 members (excludes halogenated alkanes) is 1. The second-order valence-electron chi connectivity index (χ2n) is 18.6. The highest BCUT2D eigenvalue weighted by atomic mass is 31.2. The molecule has 0 amide bonds. The number of hydrogen-bond donors (Lipinski definition) is 9. The number of fused-ring (bicyclic) bond motifs is 3. The van der Waals surface area contributed by atoms with Crippen molar-refractivity contribution in [3.63, 3.8) is 0 Å².